The van der Waals surface area contributed by atoms with Crippen molar-refractivity contribution in [3.63, 3.8) is 0 Å². The second-order valence-corrected chi connectivity index (χ2v) is 3.12. The molecule has 13 heavy (non-hydrogen) atoms. The van der Waals surface area contributed by atoms with Crippen LogP contribution < -0.4 is 5.56 Å². The SMILES string of the molecule is Cc1c(C#N)c(=O)ncn1C(C)C. The van der Waals surface area contributed by atoms with Gasteiger partial charge in [0.2, 0.25) is 0 Å². The maximum absolute atomic E-state index is 11.1. The molecule has 1 aromatic heterocycles. The lowest BCUT2D eigenvalue weighted by molar-refractivity contribution is 0.566. The molecule has 4 heteroatoms. The summed E-state index contributed by atoms with van der Waals surface area (Å²) in [5.74, 6) is 0. The second-order valence-electron chi connectivity index (χ2n) is 3.12. The Morgan fingerprint density at radius 3 is 2.69 bits per heavy atom. The second kappa shape index (κ2) is 3.40. The summed E-state index contributed by atoms with van der Waals surface area (Å²) in [4.78, 5) is 14.7. The number of hydrogen-bond acceptors (Lipinski definition) is 3. The highest BCUT2D eigenvalue weighted by Gasteiger charge is 2.08. The molecule has 4 nitrogen and oxygen atoms in total. The van der Waals surface area contributed by atoms with Gasteiger partial charge in [-0.25, -0.2) is 0 Å². The minimum absolute atomic E-state index is 0.135. The van der Waals surface area contributed by atoms with E-state index in [-0.39, 0.29) is 11.6 Å². The van der Waals surface area contributed by atoms with Crippen molar-refractivity contribution in [2.24, 2.45) is 0 Å². The Bertz CT molecular complexity index is 412. The van der Waals surface area contributed by atoms with Crippen LogP contribution in [-0.4, -0.2) is 9.55 Å². The summed E-state index contributed by atoms with van der Waals surface area (Å²) in [6, 6.07) is 2.07. The Morgan fingerprint density at radius 2 is 2.23 bits per heavy atom. The molecule has 0 amide bonds. The molecule has 0 saturated heterocycles. The first kappa shape index (κ1) is 9.46. The number of nitriles is 1. The zero-order valence-electron chi connectivity index (χ0n) is 7.90. The summed E-state index contributed by atoms with van der Waals surface area (Å²) in [5, 5.41) is 8.70. The zero-order chi connectivity index (χ0) is 10.0. The maximum atomic E-state index is 11.1. The van der Waals surface area contributed by atoms with Gasteiger partial charge in [-0.3, -0.25) is 4.79 Å². The highest BCUT2D eigenvalue weighted by Crippen LogP contribution is 2.08. The molecule has 0 atom stereocenters. The fourth-order valence-corrected chi connectivity index (χ4v) is 1.20. The largest absolute Gasteiger partial charge is 0.332 e. The lowest BCUT2D eigenvalue weighted by Crippen LogP contribution is -2.19. The molecule has 0 bridgehead atoms. The lowest BCUT2D eigenvalue weighted by Gasteiger charge is -2.13. The van der Waals surface area contributed by atoms with Crippen molar-refractivity contribution in [1.82, 2.24) is 9.55 Å². The molecule has 0 saturated carbocycles. The molecule has 1 rings (SSSR count). The topological polar surface area (TPSA) is 58.7 Å². The van der Waals surface area contributed by atoms with E-state index < -0.39 is 5.56 Å². The van der Waals surface area contributed by atoms with Gasteiger partial charge in [0.25, 0.3) is 5.56 Å². The first-order chi connectivity index (χ1) is 6.07. The van der Waals surface area contributed by atoms with Crippen molar-refractivity contribution >= 4 is 0 Å². The van der Waals surface area contributed by atoms with Crippen LogP contribution in [0.4, 0.5) is 0 Å². The molecular formula is C9H11N3O. The molecule has 1 heterocycles. The predicted octanol–water partition coefficient (Wildman–Crippen LogP) is 1.00. The van der Waals surface area contributed by atoms with Gasteiger partial charge in [0, 0.05) is 11.7 Å². The first-order valence-electron chi connectivity index (χ1n) is 4.05. The van der Waals surface area contributed by atoms with E-state index in [9.17, 15) is 4.79 Å². The fourth-order valence-electron chi connectivity index (χ4n) is 1.20. The van der Waals surface area contributed by atoms with Gasteiger partial charge in [-0.1, -0.05) is 0 Å². The van der Waals surface area contributed by atoms with E-state index >= 15 is 0 Å². The van der Waals surface area contributed by atoms with Gasteiger partial charge in [-0.05, 0) is 20.8 Å². The smallest absolute Gasteiger partial charge is 0.290 e. The van der Waals surface area contributed by atoms with Gasteiger partial charge >= 0.3 is 0 Å². The van der Waals surface area contributed by atoms with Crippen LogP contribution in [0.5, 0.6) is 0 Å². The molecule has 0 aliphatic heterocycles. The Hall–Kier alpha value is -1.63. The first-order valence-corrected chi connectivity index (χ1v) is 4.05. The fraction of sp³-hybridized carbons (Fsp3) is 0.444. The average molecular weight is 177 g/mol. The van der Waals surface area contributed by atoms with E-state index in [2.05, 4.69) is 4.98 Å². The summed E-state index contributed by atoms with van der Waals surface area (Å²) in [7, 11) is 0. The van der Waals surface area contributed by atoms with Gasteiger partial charge in [0.15, 0.2) is 0 Å². The molecule has 0 N–H and O–H groups in total. The average Bonchev–Trinajstić information content (AvgIpc) is 2.04. The molecular weight excluding hydrogens is 166 g/mol. The summed E-state index contributed by atoms with van der Waals surface area (Å²) >= 11 is 0. The Labute approximate surface area is 76.5 Å². The van der Waals surface area contributed by atoms with Crippen LogP contribution in [0.2, 0.25) is 0 Å². The minimum atomic E-state index is -0.447. The van der Waals surface area contributed by atoms with E-state index in [4.69, 9.17) is 5.26 Å². The molecule has 0 aromatic carbocycles. The quantitative estimate of drug-likeness (QED) is 0.643. The molecule has 0 aliphatic rings. The van der Waals surface area contributed by atoms with Crippen LogP contribution in [0.25, 0.3) is 0 Å². The lowest BCUT2D eigenvalue weighted by atomic mass is 10.2. The number of nitrogens with zero attached hydrogens (tertiary/aromatic N) is 3. The van der Waals surface area contributed by atoms with E-state index in [1.807, 2.05) is 19.9 Å². The van der Waals surface area contributed by atoms with Crippen molar-refractivity contribution in [2.75, 3.05) is 0 Å². The van der Waals surface area contributed by atoms with Crippen LogP contribution >= 0.6 is 0 Å². The van der Waals surface area contributed by atoms with Crippen LogP contribution in [0.1, 0.15) is 31.1 Å². The molecule has 0 aliphatic carbocycles. The molecule has 68 valence electrons. The monoisotopic (exact) mass is 177 g/mol. The van der Waals surface area contributed by atoms with Crippen LogP contribution in [0.15, 0.2) is 11.1 Å². The van der Waals surface area contributed by atoms with Crippen molar-refractivity contribution < 1.29 is 0 Å². The normalized spacial score (nSPS) is 10.1. The van der Waals surface area contributed by atoms with Crippen LogP contribution in [-0.2, 0) is 0 Å². The Morgan fingerprint density at radius 1 is 1.62 bits per heavy atom. The van der Waals surface area contributed by atoms with Gasteiger partial charge in [-0.15, -0.1) is 0 Å². The molecule has 0 fully saturated rings. The van der Waals surface area contributed by atoms with E-state index in [1.165, 1.54) is 6.33 Å². The third-order valence-electron chi connectivity index (χ3n) is 1.93. The third-order valence-corrected chi connectivity index (χ3v) is 1.93. The number of rotatable bonds is 1. The third kappa shape index (κ3) is 1.59. The maximum Gasteiger partial charge on any atom is 0.290 e. The summed E-state index contributed by atoms with van der Waals surface area (Å²) in [6.45, 7) is 5.70. The summed E-state index contributed by atoms with van der Waals surface area (Å²) in [5.41, 5.74) is 0.366. The van der Waals surface area contributed by atoms with Gasteiger partial charge in [-0.2, -0.15) is 10.2 Å². The van der Waals surface area contributed by atoms with E-state index in [0.29, 0.717) is 5.69 Å². The molecule has 0 radical (unpaired) electrons. The van der Waals surface area contributed by atoms with Gasteiger partial charge in [0.1, 0.15) is 11.6 Å². The zero-order valence-corrected chi connectivity index (χ0v) is 7.90. The van der Waals surface area contributed by atoms with Crippen LogP contribution in [0, 0.1) is 18.3 Å². The van der Waals surface area contributed by atoms with Crippen molar-refractivity contribution in [3.8, 4) is 6.07 Å². The van der Waals surface area contributed by atoms with Crippen molar-refractivity contribution in [3.05, 3.63) is 27.9 Å². The molecule has 0 spiro atoms. The standard InChI is InChI=1S/C9H11N3O/c1-6(2)12-5-11-9(13)8(4-10)7(12)3/h5-6H,1-3H3. The summed E-state index contributed by atoms with van der Waals surface area (Å²) in [6.07, 6.45) is 1.48. The van der Waals surface area contributed by atoms with Gasteiger partial charge in [0.05, 0.1) is 6.33 Å². The highest BCUT2D eigenvalue weighted by molar-refractivity contribution is 5.30. The molecule has 1 aromatic rings. The molecule has 0 unspecified atom stereocenters. The minimum Gasteiger partial charge on any atom is -0.332 e. The Kier molecular flexibility index (Phi) is 2.47. The van der Waals surface area contributed by atoms with E-state index in [1.54, 1.807) is 11.5 Å². The highest BCUT2D eigenvalue weighted by atomic mass is 16.1. The summed E-state index contributed by atoms with van der Waals surface area (Å²) < 4.78 is 1.81. The number of hydrogen-bond donors (Lipinski definition) is 0. The number of aromatic nitrogens is 2. The van der Waals surface area contributed by atoms with Crippen molar-refractivity contribution in [2.45, 2.75) is 26.8 Å². The van der Waals surface area contributed by atoms with E-state index in [0.717, 1.165) is 0 Å². The Balaban J connectivity index is 3.47. The van der Waals surface area contributed by atoms with Crippen LogP contribution in [0.3, 0.4) is 0 Å². The van der Waals surface area contributed by atoms with Crippen molar-refractivity contribution in [1.29, 1.82) is 5.26 Å². The van der Waals surface area contributed by atoms with Gasteiger partial charge < -0.3 is 4.57 Å². The predicted molar refractivity (Wildman–Crippen MR) is 48.3 cm³/mol.